The summed E-state index contributed by atoms with van der Waals surface area (Å²) in [5.41, 5.74) is 2.41. The van der Waals surface area contributed by atoms with Crippen molar-refractivity contribution < 1.29 is 4.74 Å². The lowest BCUT2D eigenvalue weighted by Crippen LogP contribution is -2.29. The standard InChI is InChI=1S/C16H21NO/c1-12(2)14-9-13(5-6-15(14)18-3)10-16(11-17)7-4-8-16/h5-6,9,12H,4,7-8,10H2,1-3H3. The third kappa shape index (κ3) is 2.36. The molecule has 0 heterocycles. The molecule has 0 spiro atoms. The van der Waals surface area contributed by atoms with Crippen molar-refractivity contribution in [3.8, 4) is 11.8 Å². The van der Waals surface area contributed by atoms with Crippen molar-refractivity contribution in [3.05, 3.63) is 29.3 Å². The minimum Gasteiger partial charge on any atom is -0.496 e. The Morgan fingerprint density at radius 2 is 2.11 bits per heavy atom. The normalized spacial score (nSPS) is 17.1. The molecule has 0 radical (unpaired) electrons. The van der Waals surface area contributed by atoms with Gasteiger partial charge in [0, 0.05) is 0 Å². The van der Waals surface area contributed by atoms with E-state index in [2.05, 4.69) is 32.0 Å². The molecule has 2 nitrogen and oxygen atoms in total. The maximum Gasteiger partial charge on any atom is 0.122 e. The molecular formula is C16H21NO. The van der Waals surface area contributed by atoms with Gasteiger partial charge in [-0.15, -0.1) is 0 Å². The highest BCUT2D eigenvalue weighted by atomic mass is 16.5. The second-order valence-corrected chi connectivity index (χ2v) is 5.65. The van der Waals surface area contributed by atoms with Crippen LogP contribution in [0.1, 0.15) is 50.2 Å². The molecule has 2 heteroatoms. The van der Waals surface area contributed by atoms with Crippen molar-refractivity contribution >= 4 is 0 Å². The van der Waals surface area contributed by atoms with E-state index in [0.29, 0.717) is 5.92 Å². The number of nitrogens with zero attached hydrogens (tertiary/aromatic N) is 1. The van der Waals surface area contributed by atoms with Gasteiger partial charge in [0.05, 0.1) is 18.6 Å². The van der Waals surface area contributed by atoms with Crippen molar-refractivity contribution in [2.24, 2.45) is 5.41 Å². The van der Waals surface area contributed by atoms with Crippen molar-refractivity contribution in [1.82, 2.24) is 0 Å². The van der Waals surface area contributed by atoms with Crippen LogP contribution in [-0.2, 0) is 6.42 Å². The van der Waals surface area contributed by atoms with Crippen LogP contribution in [0, 0.1) is 16.7 Å². The fourth-order valence-electron chi connectivity index (χ4n) is 2.67. The van der Waals surface area contributed by atoms with Crippen LogP contribution in [0.3, 0.4) is 0 Å². The minimum atomic E-state index is -0.0944. The van der Waals surface area contributed by atoms with Crippen molar-refractivity contribution in [2.45, 2.75) is 45.4 Å². The van der Waals surface area contributed by atoms with Crippen LogP contribution in [-0.4, -0.2) is 7.11 Å². The van der Waals surface area contributed by atoms with E-state index >= 15 is 0 Å². The second kappa shape index (κ2) is 5.02. The van der Waals surface area contributed by atoms with Crippen LogP contribution in [0.4, 0.5) is 0 Å². The molecule has 0 amide bonds. The Labute approximate surface area is 110 Å². The lowest BCUT2D eigenvalue weighted by atomic mass is 9.66. The molecule has 1 aliphatic carbocycles. The first kappa shape index (κ1) is 13.0. The summed E-state index contributed by atoms with van der Waals surface area (Å²) in [6.07, 6.45) is 4.17. The minimum absolute atomic E-state index is 0.0944. The van der Waals surface area contributed by atoms with Gasteiger partial charge >= 0.3 is 0 Å². The highest BCUT2D eigenvalue weighted by molar-refractivity contribution is 5.40. The third-order valence-electron chi connectivity index (χ3n) is 4.01. The zero-order valence-corrected chi connectivity index (χ0v) is 11.5. The Morgan fingerprint density at radius 1 is 1.39 bits per heavy atom. The van der Waals surface area contributed by atoms with Crippen LogP contribution >= 0.6 is 0 Å². The summed E-state index contributed by atoms with van der Waals surface area (Å²) in [7, 11) is 1.71. The van der Waals surface area contributed by atoms with E-state index in [1.807, 2.05) is 6.07 Å². The average Bonchev–Trinajstić information content (AvgIpc) is 2.33. The lowest BCUT2D eigenvalue weighted by molar-refractivity contribution is 0.214. The van der Waals surface area contributed by atoms with Gasteiger partial charge in [-0.2, -0.15) is 5.26 Å². The quantitative estimate of drug-likeness (QED) is 0.799. The molecule has 1 fully saturated rings. The van der Waals surface area contributed by atoms with Crippen molar-refractivity contribution in [2.75, 3.05) is 7.11 Å². The van der Waals surface area contributed by atoms with E-state index in [-0.39, 0.29) is 5.41 Å². The summed E-state index contributed by atoms with van der Waals surface area (Å²) in [6.45, 7) is 4.34. The van der Waals surface area contributed by atoms with Gasteiger partial charge in [0.25, 0.3) is 0 Å². The van der Waals surface area contributed by atoms with Crippen LogP contribution in [0.15, 0.2) is 18.2 Å². The van der Waals surface area contributed by atoms with E-state index in [1.165, 1.54) is 17.5 Å². The highest BCUT2D eigenvalue weighted by Crippen LogP contribution is 2.43. The number of benzene rings is 1. The Hall–Kier alpha value is -1.49. The number of rotatable bonds is 4. The van der Waals surface area contributed by atoms with Gasteiger partial charge in [-0.25, -0.2) is 0 Å². The van der Waals surface area contributed by atoms with E-state index < -0.39 is 0 Å². The maximum atomic E-state index is 9.30. The SMILES string of the molecule is COc1ccc(CC2(C#N)CCC2)cc1C(C)C. The largest absolute Gasteiger partial charge is 0.496 e. The summed E-state index contributed by atoms with van der Waals surface area (Å²) in [6, 6.07) is 8.85. The summed E-state index contributed by atoms with van der Waals surface area (Å²) < 4.78 is 5.39. The number of hydrogen-bond acceptors (Lipinski definition) is 2. The summed E-state index contributed by atoms with van der Waals surface area (Å²) in [5, 5.41) is 9.30. The predicted octanol–water partition coefficient (Wildman–Crippen LogP) is 4.05. The van der Waals surface area contributed by atoms with Crippen molar-refractivity contribution in [3.63, 3.8) is 0 Å². The molecule has 0 aliphatic heterocycles. The van der Waals surface area contributed by atoms with Gasteiger partial charge in [0.15, 0.2) is 0 Å². The molecular weight excluding hydrogens is 222 g/mol. The van der Waals surface area contributed by atoms with Gasteiger partial charge < -0.3 is 4.74 Å². The van der Waals surface area contributed by atoms with E-state index in [1.54, 1.807) is 7.11 Å². The molecule has 0 atom stereocenters. The van der Waals surface area contributed by atoms with E-state index in [4.69, 9.17) is 4.74 Å². The summed E-state index contributed by atoms with van der Waals surface area (Å²) in [5.74, 6) is 1.40. The monoisotopic (exact) mass is 243 g/mol. The first-order valence-corrected chi connectivity index (χ1v) is 6.68. The van der Waals surface area contributed by atoms with Crippen LogP contribution in [0.5, 0.6) is 5.75 Å². The molecule has 0 unspecified atom stereocenters. The summed E-state index contributed by atoms with van der Waals surface area (Å²) >= 11 is 0. The Morgan fingerprint density at radius 3 is 2.56 bits per heavy atom. The smallest absolute Gasteiger partial charge is 0.122 e. The molecule has 0 aromatic heterocycles. The predicted molar refractivity (Wildman–Crippen MR) is 72.7 cm³/mol. The topological polar surface area (TPSA) is 33.0 Å². The second-order valence-electron chi connectivity index (χ2n) is 5.65. The molecule has 2 rings (SSSR count). The first-order chi connectivity index (χ1) is 8.60. The van der Waals surface area contributed by atoms with Crippen LogP contribution in [0.25, 0.3) is 0 Å². The number of hydrogen-bond donors (Lipinski definition) is 0. The fourth-order valence-corrected chi connectivity index (χ4v) is 2.67. The molecule has 1 aromatic rings. The number of methoxy groups -OCH3 is 1. The van der Waals surface area contributed by atoms with Gasteiger partial charge in [0.2, 0.25) is 0 Å². The lowest BCUT2D eigenvalue weighted by Gasteiger charge is -2.35. The molecule has 0 bridgehead atoms. The highest BCUT2D eigenvalue weighted by Gasteiger charge is 2.37. The zero-order chi connectivity index (χ0) is 13.2. The van der Waals surface area contributed by atoms with E-state index in [0.717, 1.165) is 25.0 Å². The average molecular weight is 243 g/mol. The van der Waals surface area contributed by atoms with Crippen LogP contribution in [0.2, 0.25) is 0 Å². The molecule has 96 valence electrons. The Kier molecular flexibility index (Phi) is 3.61. The maximum absolute atomic E-state index is 9.30. The van der Waals surface area contributed by atoms with Crippen molar-refractivity contribution in [1.29, 1.82) is 5.26 Å². The van der Waals surface area contributed by atoms with Gasteiger partial charge in [-0.05, 0) is 42.4 Å². The first-order valence-electron chi connectivity index (χ1n) is 6.68. The zero-order valence-electron chi connectivity index (χ0n) is 11.5. The number of ether oxygens (including phenoxy) is 1. The third-order valence-corrected chi connectivity index (χ3v) is 4.01. The Balaban J connectivity index is 2.25. The van der Waals surface area contributed by atoms with Gasteiger partial charge in [-0.3, -0.25) is 0 Å². The van der Waals surface area contributed by atoms with Crippen LogP contribution < -0.4 is 4.74 Å². The molecule has 1 aromatic carbocycles. The molecule has 18 heavy (non-hydrogen) atoms. The molecule has 0 N–H and O–H groups in total. The van der Waals surface area contributed by atoms with Gasteiger partial charge in [-0.1, -0.05) is 32.4 Å². The Bertz CT molecular complexity index is 466. The van der Waals surface area contributed by atoms with E-state index in [9.17, 15) is 5.26 Å². The summed E-state index contributed by atoms with van der Waals surface area (Å²) in [4.78, 5) is 0. The number of nitriles is 1. The molecule has 1 aliphatic rings. The molecule has 1 saturated carbocycles. The molecule has 0 saturated heterocycles. The van der Waals surface area contributed by atoms with Gasteiger partial charge in [0.1, 0.15) is 5.75 Å². The fraction of sp³-hybridized carbons (Fsp3) is 0.562.